The number of carbonyl (C=O) groups excluding carboxylic acids is 1. The Labute approximate surface area is 168 Å². The molecule has 0 aliphatic carbocycles. The summed E-state index contributed by atoms with van der Waals surface area (Å²) in [4.78, 5) is 29.8. The first-order chi connectivity index (χ1) is 12.5. The topological polar surface area (TPSA) is 75.8 Å². The number of anilines is 1. The molecule has 0 saturated heterocycles. The van der Waals surface area contributed by atoms with Crippen LogP contribution < -0.4 is 4.90 Å². The van der Waals surface area contributed by atoms with Gasteiger partial charge in [0.15, 0.2) is 5.78 Å². The van der Waals surface area contributed by atoms with Crippen molar-refractivity contribution in [3.05, 3.63) is 69.8 Å². The first kappa shape index (κ1) is 20.8. The molecule has 0 atom stereocenters. The minimum absolute atomic E-state index is 0. The van der Waals surface area contributed by atoms with Gasteiger partial charge in [-0.2, -0.15) is 0 Å². The number of halogens is 1. The zero-order valence-corrected chi connectivity index (χ0v) is 16.8. The number of hydrogen-bond donors (Lipinski definition) is 0. The Morgan fingerprint density at radius 3 is 2.56 bits per heavy atom. The van der Waals surface area contributed by atoms with Crippen LogP contribution in [0, 0.1) is 17.0 Å². The Morgan fingerprint density at radius 2 is 1.93 bits per heavy atom. The molecule has 0 spiro atoms. The van der Waals surface area contributed by atoms with Gasteiger partial charge in [-0.15, -0.1) is 17.0 Å². The normalized spacial score (nSPS) is 13.3. The smallest absolute Gasteiger partial charge is 0.270 e. The number of aliphatic imine (C=N–C) groups is 1. The number of nitro groups is 1. The Hall–Kier alpha value is -2.54. The molecule has 6 nitrogen and oxygen atoms in total. The average molecular weight is 432 g/mol. The van der Waals surface area contributed by atoms with Gasteiger partial charge in [0.1, 0.15) is 5.84 Å². The second-order valence-electron chi connectivity index (χ2n) is 6.41. The fraction of sp³-hybridized carbons (Fsp3) is 0.300. The number of hydrogen-bond acceptors (Lipinski definition) is 5. The molecule has 1 aliphatic rings. The van der Waals surface area contributed by atoms with Crippen molar-refractivity contribution in [2.45, 2.75) is 26.2 Å². The van der Waals surface area contributed by atoms with Crippen LogP contribution in [0.25, 0.3) is 0 Å². The summed E-state index contributed by atoms with van der Waals surface area (Å²) in [6.45, 7) is 2.90. The molecule has 142 valence electrons. The quantitative estimate of drug-likeness (QED) is 0.388. The number of amidine groups is 1. The van der Waals surface area contributed by atoms with E-state index in [4.69, 9.17) is 0 Å². The molecule has 0 radical (unpaired) electrons. The number of Topliss-reactive ketones (excluding diaryl/α,β-unsaturated/α-hetero) is 1. The second-order valence-corrected chi connectivity index (χ2v) is 6.41. The highest BCUT2D eigenvalue weighted by Crippen LogP contribution is 2.21. The summed E-state index contributed by atoms with van der Waals surface area (Å²) in [6, 6.07) is 13.8. The van der Waals surface area contributed by atoms with Gasteiger partial charge >= 0.3 is 0 Å². The van der Waals surface area contributed by atoms with E-state index in [1.165, 1.54) is 12.1 Å². The van der Waals surface area contributed by atoms with E-state index in [9.17, 15) is 14.9 Å². The SMILES string of the molecule is Br.Cc1ccc(N(CC(=O)c2cccc([N+](=O)[O-])c2)C2=NCCCC2)cc1. The molecule has 27 heavy (non-hydrogen) atoms. The number of benzene rings is 2. The van der Waals surface area contributed by atoms with Gasteiger partial charge in [-0.1, -0.05) is 29.8 Å². The van der Waals surface area contributed by atoms with E-state index >= 15 is 0 Å². The lowest BCUT2D eigenvalue weighted by Crippen LogP contribution is -2.37. The summed E-state index contributed by atoms with van der Waals surface area (Å²) in [7, 11) is 0. The highest BCUT2D eigenvalue weighted by molar-refractivity contribution is 8.93. The Kier molecular flexibility index (Phi) is 7.24. The van der Waals surface area contributed by atoms with E-state index in [-0.39, 0.29) is 35.0 Å². The lowest BCUT2D eigenvalue weighted by molar-refractivity contribution is -0.384. The maximum absolute atomic E-state index is 12.8. The standard InChI is InChI=1S/C20H21N3O3.BrH/c1-15-8-10-17(11-9-15)22(20-7-2-3-12-21-20)14-19(24)16-5-4-6-18(13-16)23(25)26;/h4-6,8-11,13H,2-3,7,12,14H2,1H3;1H. The molecule has 3 rings (SSSR count). The van der Waals surface area contributed by atoms with Crippen molar-refractivity contribution < 1.29 is 9.72 Å². The fourth-order valence-electron chi connectivity index (χ4n) is 2.99. The van der Waals surface area contributed by atoms with Gasteiger partial charge < -0.3 is 4.90 Å². The summed E-state index contributed by atoms with van der Waals surface area (Å²) in [5.74, 6) is 0.737. The monoisotopic (exact) mass is 431 g/mol. The zero-order chi connectivity index (χ0) is 18.5. The molecule has 0 unspecified atom stereocenters. The Morgan fingerprint density at radius 1 is 1.19 bits per heavy atom. The molecule has 0 N–H and O–H groups in total. The number of aryl methyl sites for hydroxylation is 1. The molecule has 0 bridgehead atoms. The molecule has 0 fully saturated rings. The van der Waals surface area contributed by atoms with Crippen molar-refractivity contribution in [3.63, 3.8) is 0 Å². The first-order valence-electron chi connectivity index (χ1n) is 8.70. The van der Waals surface area contributed by atoms with Crippen LogP contribution in [0.5, 0.6) is 0 Å². The Balaban J connectivity index is 0.00000261. The number of non-ortho nitro benzene ring substituents is 1. The third-order valence-electron chi connectivity index (χ3n) is 4.44. The number of rotatable bonds is 5. The molecule has 0 saturated carbocycles. The van der Waals surface area contributed by atoms with Crippen molar-refractivity contribution in [2.75, 3.05) is 18.0 Å². The summed E-state index contributed by atoms with van der Waals surface area (Å²) in [5, 5.41) is 11.0. The van der Waals surface area contributed by atoms with Gasteiger partial charge in [0.2, 0.25) is 0 Å². The molecule has 1 aliphatic heterocycles. The van der Waals surface area contributed by atoms with E-state index in [1.807, 2.05) is 36.1 Å². The van der Waals surface area contributed by atoms with Crippen LogP contribution in [0.15, 0.2) is 53.5 Å². The van der Waals surface area contributed by atoms with E-state index in [0.717, 1.165) is 42.9 Å². The molecule has 2 aromatic carbocycles. The van der Waals surface area contributed by atoms with Crippen LogP contribution in [0.4, 0.5) is 11.4 Å². The predicted octanol–water partition coefficient (Wildman–Crippen LogP) is 4.75. The van der Waals surface area contributed by atoms with Gasteiger partial charge in [0, 0.05) is 36.3 Å². The number of ketones is 1. The molecule has 1 heterocycles. The Bertz CT molecular complexity index is 850. The van der Waals surface area contributed by atoms with E-state index in [1.54, 1.807) is 12.1 Å². The van der Waals surface area contributed by atoms with E-state index in [2.05, 4.69) is 4.99 Å². The molecular formula is C20H22BrN3O3. The van der Waals surface area contributed by atoms with Crippen molar-refractivity contribution in [1.82, 2.24) is 0 Å². The van der Waals surface area contributed by atoms with Crippen molar-refractivity contribution in [2.24, 2.45) is 4.99 Å². The summed E-state index contributed by atoms with van der Waals surface area (Å²) < 4.78 is 0. The number of nitro benzene ring substituents is 1. The van der Waals surface area contributed by atoms with Crippen LogP contribution in [0.3, 0.4) is 0 Å². The van der Waals surface area contributed by atoms with Crippen LogP contribution in [-0.2, 0) is 0 Å². The lowest BCUT2D eigenvalue weighted by Gasteiger charge is -2.28. The van der Waals surface area contributed by atoms with Crippen LogP contribution in [0.1, 0.15) is 35.2 Å². The first-order valence-corrected chi connectivity index (χ1v) is 8.70. The van der Waals surface area contributed by atoms with Crippen LogP contribution >= 0.6 is 17.0 Å². The van der Waals surface area contributed by atoms with E-state index < -0.39 is 4.92 Å². The third kappa shape index (κ3) is 5.23. The minimum atomic E-state index is -0.486. The molecule has 2 aromatic rings. The number of nitrogens with zero attached hydrogens (tertiary/aromatic N) is 3. The van der Waals surface area contributed by atoms with Gasteiger partial charge in [-0.05, 0) is 31.9 Å². The highest BCUT2D eigenvalue weighted by Gasteiger charge is 2.21. The number of carbonyl (C=O) groups is 1. The summed E-state index contributed by atoms with van der Waals surface area (Å²) >= 11 is 0. The van der Waals surface area contributed by atoms with Crippen molar-refractivity contribution >= 4 is 40.0 Å². The highest BCUT2D eigenvalue weighted by atomic mass is 79.9. The summed E-state index contributed by atoms with van der Waals surface area (Å²) in [5.41, 5.74) is 2.32. The van der Waals surface area contributed by atoms with Gasteiger partial charge in [0.05, 0.1) is 11.5 Å². The minimum Gasteiger partial charge on any atom is -0.322 e. The van der Waals surface area contributed by atoms with E-state index in [0.29, 0.717) is 5.56 Å². The van der Waals surface area contributed by atoms with Gasteiger partial charge in [0.25, 0.3) is 5.69 Å². The fourth-order valence-corrected chi connectivity index (χ4v) is 2.99. The molecule has 0 amide bonds. The molecular weight excluding hydrogens is 410 g/mol. The largest absolute Gasteiger partial charge is 0.322 e. The lowest BCUT2D eigenvalue weighted by atomic mass is 10.1. The van der Waals surface area contributed by atoms with Crippen molar-refractivity contribution in [3.8, 4) is 0 Å². The second kappa shape index (κ2) is 9.41. The van der Waals surface area contributed by atoms with Crippen LogP contribution in [0.2, 0.25) is 0 Å². The predicted molar refractivity (Wildman–Crippen MR) is 112 cm³/mol. The van der Waals surface area contributed by atoms with Crippen molar-refractivity contribution in [1.29, 1.82) is 0 Å². The molecule has 0 aromatic heterocycles. The zero-order valence-electron chi connectivity index (χ0n) is 15.1. The van der Waals surface area contributed by atoms with Crippen LogP contribution in [-0.4, -0.2) is 29.6 Å². The van der Waals surface area contributed by atoms with Gasteiger partial charge in [-0.3, -0.25) is 19.9 Å². The third-order valence-corrected chi connectivity index (χ3v) is 4.44. The molecule has 7 heteroatoms. The maximum atomic E-state index is 12.8. The van der Waals surface area contributed by atoms with Gasteiger partial charge in [-0.25, -0.2) is 0 Å². The maximum Gasteiger partial charge on any atom is 0.270 e. The summed E-state index contributed by atoms with van der Waals surface area (Å²) in [6.07, 6.45) is 2.94. The average Bonchev–Trinajstić information content (AvgIpc) is 2.67.